The lowest BCUT2D eigenvalue weighted by molar-refractivity contribution is -0.133. The number of hydrogen-bond donors (Lipinski definition) is 0. The number of nitrogens with zero attached hydrogens (tertiary/aromatic N) is 3. The van der Waals surface area contributed by atoms with E-state index >= 15 is 0 Å². The van der Waals surface area contributed by atoms with Crippen molar-refractivity contribution in [2.24, 2.45) is 0 Å². The van der Waals surface area contributed by atoms with Gasteiger partial charge in [-0.05, 0) is 37.5 Å². The first-order valence-corrected chi connectivity index (χ1v) is 9.54. The third kappa shape index (κ3) is 4.87. The zero-order valence-electron chi connectivity index (χ0n) is 14.2. The van der Waals surface area contributed by atoms with E-state index in [4.69, 9.17) is 23.2 Å². The minimum absolute atomic E-state index is 0.0635. The number of piperidine rings is 1. The number of carbonyl (C=O) groups excluding carboxylic acids is 2. The van der Waals surface area contributed by atoms with Crippen molar-refractivity contribution in [1.29, 1.82) is 0 Å². The third-order valence-corrected chi connectivity index (χ3v) is 5.27. The van der Waals surface area contributed by atoms with Crippen LogP contribution in [0.25, 0.3) is 0 Å². The standard InChI is InChI=1S/C18H23Cl2N3O2/c19-15-10-14(11-16(20)12-15)18(25)23-8-6-21(7-9-23)13-17(24)22-4-2-1-3-5-22/h10-12H,1-9,13H2. The maximum absolute atomic E-state index is 12.6. The number of rotatable bonds is 3. The van der Waals surface area contributed by atoms with E-state index in [1.54, 1.807) is 23.1 Å². The van der Waals surface area contributed by atoms with Gasteiger partial charge in [-0.15, -0.1) is 0 Å². The molecule has 25 heavy (non-hydrogen) atoms. The maximum atomic E-state index is 12.6. The average molecular weight is 384 g/mol. The molecule has 1 aromatic rings. The summed E-state index contributed by atoms with van der Waals surface area (Å²) in [5.41, 5.74) is 0.510. The Hall–Kier alpha value is -1.30. The van der Waals surface area contributed by atoms with Crippen LogP contribution in [0, 0.1) is 0 Å². The lowest BCUT2D eigenvalue weighted by Crippen LogP contribution is -2.52. The van der Waals surface area contributed by atoms with Crippen LogP contribution in [0.5, 0.6) is 0 Å². The molecule has 0 aromatic heterocycles. The van der Waals surface area contributed by atoms with Crippen LogP contribution < -0.4 is 0 Å². The van der Waals surface area contributed by atoms with Crippen LogP contribution in [0.3, 0.4) is 0 Å². The van der Waals surface area contributed by atoms with Gasteiger partial charge in [0.15, 0.2) is 0 Å². The first-order chi connectivity index (χ1) is 12.0. The Morgan fingerprint density at radius 3 is 2.00 bits per heavy atom. The Kier molecular flexibility index (Phi) is 6.20. The molecule has 2 amide bonds. The molecule has 0 unspecified atom stereocenters. The number of carbonyl (C=O) groups is 2. The molecule has 0 aliphatic carbocycles. The summed E-state index contributed by atoms with van der Waals surface area (Å²) in [6.07, 6.45) is 3.44. The van der Waals surface area contributed by atoms with Gasteiger partial charge in [0, 0.05) is 54.9 Å². The normalized spacial score (nSPS) is 19.1. The van der Waals surface area contributed by atoms with Gasteiger partial charge in [-0.25, -0.2) is 0 Å². The van der Waals surface area contributed by atoms with Crippen LogP contribution in [0.2, 0.25) is 10.0 Å². The second-order valence-electron chi connectivity index (χ2n) is 6.67. The van der Waals surface area contributed by atoms with Crippen molar-refractivity contribution in [3.05, 3.63) is 33.8 Å². The van der Waals surface area contributed by atoms with Crippen molar-refractivity contribution in [3.63, 3.8) is 0 Å². The molecule has 136 valence electrons. The van der Waals surface area contributed by atoms with Gasteiger partial charge in [0.1, 0.15) is 0 Å². The molecule has 2 saturated heterocycles. The zero-order chi connectivity index (χ0) is 17.8. The summed E-state index contributed by atoms with van der Waals surface area (Å²) in [6.45, 7) is 4.84. The Morgan fingerprint density at radius 2 is 1.40 bits per heavy atom. The monoisotopic (exact) mass is 383 g/mol. The number of hydrogen-bond acceptors (Lipinski definition) is 3. The summed E-state index contributed by atoms with van der Waals surface area (Å²) >= 11 is 12.0. The smallest absolute Gasteiger partial charge is 0.254 e. The van der Waals surface area contributed by atoms with Crippen molar-refractivity contribution in [2.45, 2.75) is 19.3 Å². The van der Waals surface area contributed by atoms with Crippen molar-refractivity contribution in [1.82, 2.24) is 14.7 Å². The van der Waals surface area contributed by atoms with Gasteiger partial charge >= 0.3 is 0 Å². The van der Waals surface area contributed by atoms with E-state index in [0.717, 1.165) is 25.9 Å². The minimum atomic E-state index is -0.0635. The van der Waals surface area contributed by atoms with Gasteiger partial charge in [-0.1, -0.05) is 23.2 Å². The predicted octanol–water partition coefficient (Wildman–Crippen LogP) is 2.76. The van der Waals surface area contributed by atoms with E-state index in [1.807, 2.05) is 4.90 Å². The third-order valence-electron chi connectivity index (χ3n) is 4.84. The predicted molar refractivity (Wildman–Crippen MR) is 99.2 cm³/mol. The van der Waals surface area contributed by atoms with E-state index < -0.39 is 0 Å². The first-order valence-electron chi connectivity index (χ1n) is 8.78. The topological polar surface area (TPSA) is 43.9 Å². The molecule has 0 bridgehead atoms. The number of piperazine rings is 1. The SMILES string of the molecule is O=C(CN1CCN(C(=O)c2cc(Cl)cc(Cl)c2)CC1)N1CCCCC1. The fraction of sp³-hybridized carbons (Fsp3) is 0.556. The molecule has 0 radical (unpaired) electrons. The number of amides is 2. The van der Waals surface area contributed by atoms with Crippen LogP contribution >= 0.6 is 23.2 Å². The van der Waals surface area contributed by atoms with Gasteiger partial charge in [0.05, 0.1) is 6.54 Å². The maximum Gasteiger partial charge on any atom is 0.254 e. The highest BCUT2D eigenvalue weighted by Gasteiger charge is 2.25. The number of likely N-dealkylation sites (tertiary alicyclic amines) is 1. The summed E-state index contributed by atoms with van der Waals surface area (Å²) in [5.74, 6) is 0.146. The molecule has 2 fully saturated rings. The van der Waals surface area contributed by atoms with Gasteiger partial charge in [-0.3, -0.25) is 14.5 Å². The van der Waals surface area contributed by atoms with E-state index in [9.17, 15) is 9.59 Å². The molecule has 7 heteroatoms. The Bertz CT molecular complexity index is 619. The molecule has 2 aliphatic heterocycles. The van der Waals surface area contributed by atoms with Crippen molar-refractivity contribution in [2.75, 3.05) is 45.8 Å². The molecule has 1 aromatic carbocycles. The average Bonchev–Trinajstić information content (AvgIpc) is 2.61. The second kappa shape index (κ2) is 8.39. The second-order valence-corrected chi connectivity index (χ2v) is 7.54. The molecule has 2 aliphatic rings. The summed E-state index contributed by atoms with van der Waals surface area (Å²) < 4.78 is 0. The molecular weight excluding hydrogens is 361 g/mol. The van der Waals surface area contributed by atoms with Crippen molar-refractivity contribution >= 4 is 35.0 Å². The molecule has 2 heterocycles. The summed E-state index contributed by atoms with van der Waals surface area (Å²) in [4.78, 5) is 30.8. The summed E-state index contributed by atoms with van der Waals surface area (Å²) in [6, 6.07) is 4.90. The highest BCUT2D eigenvalue weighted by molar-refractivity contribution is 6.35. The summed E-state index contributed by atoms with van der Waals surface area (Å²) in [5, 5.41) is 0.920. The van der Waals surface area contributed by atoms with Crippen molar-refractivity contribution in [3.8, 4) is 0 Å². The van der Waals surface area contributed by atoms with Gasteiger partial charge in [-0.2, -0.15) is 0 Å². The van der Waals surface area contributed by atoms with Crippen LogP contribution in [0.4, 0.5) is 0 Å². The lowest BCUT2D eigenvalue weighted by atomic mass is 10.1. The van der Waals surface area contributed by atoms with Crippen LogP contribution in [-0.2, 0) is 4.79 Å². The molecule has 0 N–H and O–H groups in total. The quantitative estimate of drug-likeness (QED) is 0.805. The van der Waals surface area contributed by atoms with Crippen molar-refractivity contribution < 1.29 is 9.59 Å². The largest absolute Gasteiger partial charge is 0.342 e. The fourth-order valence-electron chi connectivity index (χ4n) is 3.40. The Labute approximate surface area is 158 Å². The fourth-order valence-corrected chi connectivity index (χ4v) is 3.93. The minimum Gasteiger partial charge on any atom is -0.342 e. The van der Waals surface area contributed by atoms with Gasteiger partial charge in [0.2, 0.25) is 5.91 Å². The van der Waals surface area contributed by atoms with Crippen LogP contribution in [-0.4, -0.2) is 72.3 Å². The van der Waals surface area contributed by atoms with E-state index in [1.165, 1.54) is 6.42 Å². The van der Waals surface area contributed by atoms with Crippen LogP contribution in [0.1, 0.15) is 29.6 Å². The molecule has 3 rings (SSSR count). The highest BCUT2D eigenvalue weighted by Crippen LogP contribution is 2.20. The van der Waals surface area contributed by atoms with E-state index in [0.29, 0.717) is 48.3 Å². The van der Waals surface area contributed by atoms with E-state index in [-0.39, 0.29) is 11.8 Å². The van der Waals surface area contributed by atoms with E-state index in [2.05, 4.69) is 4.90 Å². The first kappa shape index (κ1) is 18.5. The molecule has 0 atom stereocenters. The lowest BCUT2D eigenvalue weighted by Gasteiger charge is -2.36. The molecule has 5 nitrogen and oxygen atoms in total. The molecule has 0 spiro atoms. The summed E-state index contributed by atoms with van der Waals surface area (Å²) in [7, 11) is 0. The molecule has 0 saturated carbocycles. The number of benzene rings is 1. The highest BCUT2D eigenvalue weighted by atomic mass is 35.5. The zero-order valence-corrected chi connectivity index (χ0v) is 15.7. The Balaban J connectivity index is 1.51. The van der Waals surface area contributed by atoms with Gasteiger partial charge < -0.3 is 9.80 Å². The number of halogens is 2. The van der Waals surface area contributed by atoms with Gasteiger partial charge in [0.25, 0.3) is 5.91 Å². The Morgan fingerprint density at radius 1 is 0.800 bits per heavy atom. The molecular formula is C18H23Cl2N3O2. The van der Waals surface area contributed by atoms with Crippen LogP contribution in [0.15, 0.2) is 18.2 Å².